The van der Waals surface area contributed by atoms with Gasteiger partial charge in [-0.15, -0.1) is 0 Å². The lowest BCUT2D eigenvalue weighted by Crippen LogP contribution is -2.14. The molecule has 7 heteroatoms. The quantitative estimate of drug-likeness (QED) is 0.485. The van der Waals surface area contributed by atoms with Gasteiger partial charge in [-0.1, -0.05) is 6.07 Å². The van der Waals surface area contributed by atoms with Gasteiger partial charge in [0.1, 0.15) is 12.3 Å². The van der Waals surface area contributed by atoms with Crippen molar-refractivity contribution < 1.29 is 23.1 Å². The Balaban J connectivity index is 2.94. The van der Waals surface area contributed by atoms with Crippen molar-refractivity contribution in [3.63, 3.8) is 0 Å². The highest BCUT2D eigenvalue weighted by Gasteiger charge is 2.30. The van der Waals surface area contributed by atoms with Gasteiger partial charge < -0.3 is 10.4 Å². The fourth-order valence-corrected chi connectivity index (χ4v) is 1.11. The van der Waals surface area contributed by atoms with E-state index in [1.165, 1.54) is 12.1 Å². The molecule has 0 aliphatic rings. The van der Waals surface area contributed by atoms with Crippen LogP contribution < -0.4 is 5.32 Å². The highest BCUT2D eigenvalue weighted by Crippen LogP contribution is 2.30. The molecule has 0 heterocycles. The van der Waals surface area contributed by atoms with Crippen LogP contribution in [0, 0.1) is 11.3 Å². The topological polar surface area (TPSA) is 73.1 Å². The molecule has 0 atom stereocenters. The average Bonchev–Trinajstić information content (AvgIpc) is 2.29. The molecular formula is C11H7F3N2O2. The van der Waals surface area contributed by atoms with Crippen molar-refractivity contribution in [2.75, 3.05) is 5.32 Å². The van der Waals surface area contributed by atoms with Crippen molar-refractivity contribution >= 4 is 11.6 Å². The summed E-state index contributed by atoms with van der Waals surface area (Å²) < 4.78 is 37.1. The van der Waals surface area contributed by atoms with Gasteiger partial charge in [0.2, 0.25) is 0 Å². The largest absolute Gasteiger partial charge is 0.514 e. The third-order valence-corrected chi connectivity index (χ3v) is 1.94. The Morgan fingerprint density at radius 2 is 2.11 bits per heavy atom. The van der Waals surface area contributed by atoms with Gasteiger partial charge in [0.25, 0.3) is 5.91 Å². The number of nitrogens with one attached hydrogen (secondary N) is 1. The molecule has 94 valence electrons. The maximum atomic E-state index is 12.4. The summed E-state index contributed by atoms with van der Waals surface area (Å²) in [6, 6.07) is 5.32. The van der Waals surface area contributed by atoms with E-state index in [-0.39, 0.29) is 11.9 Å². The third kappa shape index (κ3) is 3.25. The molecule has 0 saturated carbocycles. The maximum Gasteiger partial charge on any atom is 0.416 e. The second kappa shape index (κ2) is 5.23. The van der Waals surface area contributed by atoms with Crippen LogP contribution >= 0.6 is 0 Å². The number of amides is 1. The minimum atomic E-state index is -4.52. The molecule has 18 heavy (non-hydrogen) atoms. The van der Waals surface area contributed by atoms with Crippen molar-refractivity contribution in [1.29, 1.82) is 5.26 Å². The first kappa shape index (κ1) is 13.6. The van der Waals surface area contributed by atoms with Gasteiger partial charge in [-0.25, -0.2) is 0 Å². The number of aliphatic hydroxyl groups is 1. The zero-order valence-electron chi connectivity index (χ0n) is 8.82. The number of carbonyl (C=O) groups excluding carboxylic acids is 1. The lowest BCUT2D eigenvalue weighted by atomic mass is 10.2. The molecule has 0 bridgehead atoms. The van der Waals surface area contributed by atoms with Gasteiger partial charge in [-0.2, -0.15) is 18.4 Å². The molecular weight excluding hydrogens is 249 g/mol. The Morgan fingerprint density at radius 1 is 1.44 bits per heavy atom. The summed E-state index contributed by atoms with van der Waals surface area (Å²) >= 11 is 0. The molecule has 0 fully saturated rings. The standard InChI is InChI=1S/C11H7F3N2O2/c12-11(13,14)8-2-1-3-9(4-8)16-10(18)7(5-15)6-17/h1-4,6,17H,(H,16,18)/b7-6+. The van der Waals surface area contributed by atoms with Crippen LogP contribution in [0.15, 0.2) is 36.1 Å². The van der Waals surface area contributed by atoms with Crippen LogP contribution in [-0.2, 0) is 11.0 Å². The Morgan fingerprint density at radius 3 is 2.61 bits per heavy atom. The highest BCUT2D eigenvalue weighted by molar-refractivity contribution is 6.06. The number of hydrogen-bond acceptors (Lipinski definition) is 3. The summed E-state index contributed by atoms with van der Waals surface area (Å²) in [5, 5.41) is 19.0. The molecule has 0 aliphatic carbocycles. The molecule has 0 saturated heterocycles. The number of anilines is 1. The number of aliphatic hydroxyl groups excluding tert-OH is 1. The number of alkyl halides is 3. The molecule has 1 rings (SSSR count). The Labute approximate surface area is 100.0 Å². The van der Waals surface area contributed by atoms with Gasteiger partial charge in [-0.05, 0) is 18.2 Å². The van der Waals surface area contributed by atoms with Crippen LogP contribution in [0.3, 0.4) is 0 Å². The lowest BCUT2D eigenvalue weighted by Gasteiger charge is -2.09. The number of nitrogens with zero attached hydrogens (tertiary/aromatic N) is 1. The van der Waals surface area contributed by atoms with E-state index in [9.17, 15) is 18.0 Å². The molecule has 2 N–H and O–H groups in total. The summed E-state index contributed by atoms with van der Waals surface area (Å²) in [4.78, 5) is 11.3. The Bertz CT molecular complexity index is 530. The highest BCUT2D eigenvalue weighted by atomic mass is 19.4. The first-order valence-electron chi connectivity index (χ1n) is 4.61. The van der Waals surface area contributed by atoms with Crippen molar-refractivity contribution in [3.8, 4) is 6.07 Å². The fourth-order valence-electron chi connectivity index (χ4n) is 1.11. The molecule has 0 unspecified atom stereocenters. The van der Waals surface area contributed by atoms with Crippen LogP contribution in [0.4, 0.5) is 18.9 Å². The number of carbonyl (C=O) groups is 1. The normalized spacial score (nSPS) is 11.8. The SMILES string of the molecule is N#C/C(=C\O)C(=O)Nc1cccc(C(F)(F)F)c1. The first-order valence-corrected chi connectivity index (χ1v) is 4.61. The van der Waals surface area contributed by atoms with E-state index in [2.05, 4.69) is 5.32 Å². The molecule has 0 aliphatic heterocycles. The molecule has 1 aromatic rings. The van der Waals surface area contributed by atoms with Gasteiger partial charge >= 0.3 is 6.18 Å². The van der Waals surface area contributed by atoms with Crippen LogP contribution in [0.2, 0.25) is 0 Å². The van der Waals surface area contributed by atoms with E-state index < -0.39 is 23.2 Å². The molecule has 1 amide bonds. The Hall–Kier alpha value is -2.49. The van der Waals surface area contributed by atoms with Gasteiger partial charge in [0, 0.05) is 5.69 Å². The second-order valence-corrected chi connectivity index (χ2v) is 3.19. The molecule has 0 spiro atoms. The number of nitriles is 1. The number of halogens is 3. The zero-order valence-corrected chi connectivity index (χ0v) is 8.82. The van der Waals surface area contributed by atoms with E-state index in [1.807, 2.05) is 0 Å². The van der Waals surface area contributed by atoms with Crippen molar-refractivity contribution in [2.24, 2.45) is 0 Å². The van der Waals surface area contributed by atoms with Gasteiger partial charge in [-0.3, -0.25) is 4.79 Å². The predicted octanol–water partition coefficient (Wildman–Crippen LogP) is 2.61. The summed E-state index contributed by atoms with van der Waals surface area (Å²) in [6.07, 6.45) is -4.24. The van der Waals surface area contributed by atoms with Crippen molar-refractivity contribution in [2.45, 2.75) is 6.18 Å². The zero-order chi connectivity index (χ0) is 13.8. The molecule has 0 aromatic heterocycles. The third-order valence-electron chi connectivity index (χ3n) is 1.94. The minimum absolute atomic E-state index is 0.121. The van der Waals surface area contributed by atoms with Gasteiger partial charge in [0.15, 0.2) is 5.57 Å². The molecule has 0 radical (unpaired) electrons. The minimum Gasteiger partial charge on any atom is -0.514 e. The van der Waals surface area contributed by atoms with E-state index in [0.717, 1.165) is 18.2 Å². The van der Waals surface area contributed by atoms with Crippen LogP contribution in [-0.4, -0.2) is 11.0 Å². The Kier molecular flexibility index (Phi) is 3.94. The fraction of sp³-hybridized carbons (Fsp3) is 0.0909. The molecule has 4 nitrogen and oxygen atoms in total. The predicted molar refractivity (Wildman–Crippen MR) is 56.4 cm³/mol. The number of benzene rings is 1. The number of hydrogen-bond donors (Lipinski definition) is 2. The second-order valence-electron chi connectivity index (χ2n) is 3.19. The van der Waals surface area contributed by atoms with Crippen LogP contribution in [0.25, 0.3) is 0 Å². The summed E-state index contributed by atoms with van der Waals surface area (Å²) in [6.45, 7) is 0. The average molecular weight is 256 g/mol. The summed E-state index contributed by atoms with van der Waals surface area (Å²) in [5.41, 5.74) is -1.65. The van der Waals surface area contributed by atoms with E-state index in [1.54, 1.807) is 0 Å². The monoisotopic (exact) mass is 256 g/mol. The van der Waals surface area contributed by atoms with E-state index >= 15 is 0 Å². The lowest BCUT2D eigenvalue weighted by molar-refractivity contribution is -0.137. The smallest absolute Gasteiger partial charge is 0.416 e. The van der Waals surface area contributed by atoms with Gasteiger partial charge in [0.05, 0.1) is 5.56 Å². The van der Waals surface area contributed by atoms with E-state index in [0.29, 0.717) is 0 Å². The van der Waals surface area contributed by atoms with Crippen molar-refractivity contribution in [1.82, 2.24) is 0 Å². The maximum absolute atomic E-state index is 12.4. The van der Waals surface area contributed by atoms with Crippen LogP contribution in [0.1, 0.15) is 5.56 Å². The summed E-state index contributed by atoms with van der Waals surface area (Å²) in [5.74, 6) is -0.987. The first-order chi connectivity index (χ1) is 8.38. The summed E-state index contributed by atoms with van der Waals surface area (Å²) in [7, 11) is 0. The molecule has 1 aromatic carbocycles. The van der Waals surface area contributed by atoms with Crippen LogP contribution in [0.5, 0.6) is 0 Å². The van der Waals surface area contributed by atoms with E-state index in [4.69, 9.17) is 10.4 Å². The van der Waals surface area contributed by atoms with Crippen molar-refractivity contribution in [3.05, 3.63) is 41.7 Å². The number of rotatable bonds is 2.